The highest BCUT2D eigenvalue weighted by molar-refractivity contribution is 5.82. The summed E-state index contributed by atoms with van der Waals surface area (Å²) in [5.41, 5.74) is 3.64. The van der Waals surface area contributed by atoms with Gasteiger partial charge in [-0.05, 0) is 49.1 Å². The van der Waals surface area contributed by atoms with Crippen molar-refractivity contribution >= 4 is 11.6 Å². The van der Waals surface area contributed by atoms with Crippen LogP contribution in [0.4, 0.5) is 5.69 Å². The van der Waals surface area contributed by atoms with Crippen LogP contribution in [0.25, 0.3) is 0 Å². The molecule has 0 aromatic heterocycles. The predicted molar refractivity (Wildman–Crippen MR) is 101 cm³/mol. The summed E-state index contributed by atoms with van der Waals surface area (Å²) in [6.45, 7) is 3.23. The minimum absolute atomic E-state index is 0.138. The first-order chi connectivity index (χ1) is 12.1. The zero-order chi connectivity index (χ0) is 17.8. The van der Waals surface area contributed by atoms with Crippen LogP contribution in [0.5, 0.6) is 5.75 Å². The number of carbonyl (C=O) groups is 1. The van der Waals surface area contributed by atoms with Crippen LogP contribution in [-0.2, 0) is 17.8 Å². The summed E-state index contributed by atoms with van der Waals surface area (Å²) in [6.07, 6.45) is 2.18. The Bertz CT molecular complexity index is 727. The number of fused-ring (bicyclic) bond motifs is 1. The summed E-state index contributed by atoms with van der Waals surface area (Å²) in [4.78, 5) is 16.8. The van der Waals surface area contributed by atoms with Crippen molar-refractivity contribution < 1.29 is 9.53 Å². The Hall–Kier alpha value is -2.49. The Morgan fingerprint density at radius 2 is 1.92 bits per heavy atom. The third kappa shape index (κ3) is 3.95. The van der Waals surface area contributed by atoms with E-state index in [0.29, 0.717) is 19.1 Å². The highest BCUT2D eigenvalue weighted by Crippen LogP contribution is 2.30. The lowest BCUT2D eigenvalue weighted by atomic mass is 9.96. The maximum absolute atomic E-state index is 12.8. The van der Waals surface area contributed by atoms with Crippen LogP contribution in [-0.4, -0.2) is 37.6 Å². The van der Waals surface area contributed by atoms with E-state index in [9.17, 15) is 4.79 Å². The number of aryl methyl sites for hydroxylation is 1. The third-order valence-corrected chi connectivity index (χ3v) is 4.97. The molecule has 1 atom stereocenters. The molecule has 1 aliphatic rings. The molecule has 1 aliphatic heterocycles. The van der Waals surface area contributed by atoms with Gasteiger partial charge >= 0.3 is 0 Å². The van der Waals surface area contributed by atoms with Gasteiger partial charge in [0.25, 0.3) is 0 Å². The monoisotopic (exact) mass is 338 g/mol. The lowest BCUT2D eigenvalue weighted by molar-refractivity contribution is -0.129. The fraction of sp³-hybridized carbons (Fsp3) is 0.381. The number of hydrogen-bond donors (Lipinski definition) is 0. The number of para-hydroxylation sites is 1. The van der Waals surface area contributed by atoms with E-state index in [1.165, 1.54) is 11.3 Å². The second-order valence-electron chi connectivity index (χ2n) is 6.74. The zero-order valence-corrected chi connectivity index (χ0v) is 15.2. The number of benzene rings is 2. The number of anilines is 1. The lowest BCUT2D eigenvalue weighted by Gasteiger charge is -2.37. The van der Waals surface area contributed by atoms with Crippen LogP contribution in [0.2, 0.25) is 0 Å². The molecule has 0 N–H and O–H groups in total. The molecule has 1 heterocycles. The highest BCUT2D eigenvalue weighted by Gasteiger charge is 2.25. The van der Waals surface area contributed by atoms with Crippen molar-refractivity contribution in [1.82, 2.24) is 4.90 Å². The molecule has 4 heteroatoms. The van der Waals surface area contributed by atoms with Gasteiger partial charge in [-0.2, -0.15) is 0 Å². The van der Waals surface area contributed by atoms with Gasteiger partial charge < -0.3 is 14.5 Å². The van der Waals surface area contributed by atoms with Gasteiger partial charge in [0.05, 0.1) is 13.7 Å². The first kappa shape index (κ1) is 17.3. The van der Waals surface area contributed by atoms with Crippen molar-refractivity contribution in [2.45, 2.75) is 32.4 Å². The molecular weight excluding hydrogens is 312 g/mol. The van der Waals surface area contributed by atoms with Gasteiger partial charge in [0.1, 0.15) is 5.75 Å². The van der Waals surface area contributed by atoms with Gasteiger partial charge in [0, 0.05) is 25.3 Å². The van der Waals surface area contributed by atoms with Crippen molar-refractivity contribution in [1.29, 1.82) is 0 Å². The molecule has 0 aliphatic carbocycles. The van der Waals surface area contributed by atoms with Crippen LogP contribution < -0.4 is 9.64 Å². The third-order valence-electron chi connectivity index (χ3n) is 4.97. The van der Waals surface area contributed by atoms with Crippen LogP contribution in [0, 0.1) is 0 Å². The van der Waals surface area contributed by atoms with E-state index in [1.54, 1.807) is 12.0 Å². The van der Waals surface area contributed by atoms with Gasteiger partial charge in [0.15, 0.2) is 0 Å². The average Bonchev–Trinajstić information content (AvgIpc) is 2.64. The van der Waals surface area contributed by atoms with E-state index in [-0.39, 0.29) is 5.91 Å². The smallest absolute Gasteiger partial charge is 0.242 e. The summed E-state index contributed by atoms with van der Waals surface area (Å²) in [5, 5.41) is 0. The van der Waals surface area contributed by atoms with Gasteiger partial charge in [-0.25, -0.2) is 0 Å². The predicted octanol–water partition coefficient (Wildman–Crippen LogP) is 3.49. The van der Waals surface area contributed by atoms with Crippen molar-refractivity contribution in [2.75, 3.05) is 25.6 Å². The highest BCUT2D eigenvalue weighted by atomic mass is 16.5. The van der Waals surface area contributed by atoms with E-state index >= 15 is 0 Å². The van der Waals surface area contributed by atoms with Gasteiger partial charge in [0.2, 0.25) is 5.91 Å². The Morgan fingerprint density at radius 3 is 2.64 bits per heavy atom. The van der Waals surface area contributed by atoms with E-state index in [2.05, 4.69) is 36.1 Å². The number of ether oxygens (including phenoxy) is 1. The zero-order valence-electron chi connectivity index (χ0n) is 15.2. The lowest BCUT2D eigenvalue weighted by Crippen LogP contribution is -2.44. The number of likely N-dealkylation sites (N-methyl/N-ethyl adjacent to an activating group) is 1. The molecule has 0 saturated carbocycles. The van der Waals surface area contributed by atoms with Gasteiger partial charge in [-0.1, -0.05) is 30.3 Å². The molecule has 2 aromatic rings. The molecule has 3 rings (SSSR count). The number of nitrogens with zero attached hydrogens (tertiary/aromatic N) is 2. The molecule has 0 radical (unpaired) electrons. The summed E-state index contributed by atoms with van der Waals surface area (Å²) in [7, 11) is 3.52. The molecule has 4 nitrogen and oxygen atoms in total. The van der Waals surface area contributed by atoms with Crippen LogP contribution in [0.3, 0.4) is 0 Å². The second kappa shape index (κ2) is 7.60. The van der Waals surface area contributed by atoms with E-state index in [0.717, 1.165) is 24.2 Å². The van der Waals surface area contributed by atoms with Crippen LogP contribution in [0.15, 0.2) is 48.5 Å². The maximum atomic E-state index is 12.8. The van der Waals surface area contributed by atoms with Gasteiger partial charge in [-0.3, -0.25) is 4.79 Å². The van der Waals surface area contributed by atoms with Crippen molar-refractivity contribution in [3.63, 3.8) is 0 Å². The molecule has 132 valence electrons. The molecule has 0 bridgehead atoms. The van der Waals surface area contributed by atoms with Gasteiger partial charge in [-0.15, -0.1) is 0 Å². The van der Waals surface area contributed by atoms with Crippen molar-refractivity contribution in [2.24, 2.45) is 0 Å². The fourth-order valence-corrected chi connectivity index (χ4v) is 3.36. The summed E-state index contributed by atoms with van der Waals surface area (Å²) in [5.74, 6) is 0.968. The Kier molecular flexibility index (Phi) is 5.27. The largest absolute Gasteiger partial charge is 0.497 e. The normalized spacial score (nSPS) is 16.3. The fourth-order valence-electron chi connectivity index (χ4n) is 3.36. The topological polar surface area (TPSA) is 32.8 Å². The number of amides is 1. The first-order valence-electron chi connectivity index (χ1n) is 8.80. The molecule has 2 aromatic carbocycles. The number of methoxy groups -OCH3 is 1. The molecule has 0 saturated heterocycles. The number of rotatable bonds is 5. The summed E-state index contributed by atoms with van der Waals surface area (Å²) >= 11 is 0. The minimum Gasteiger partial charge on any atom is -0.497 e. The molecule has 0 fully saturated rings. The van der Waals surface area contributed by atoms with Crippen molar-refractivity contribution in [3.8, 4) is 5.75 Å². The van der Waals surface area contributed by atoms with Crippen LogP contribution >= 0.6 is 0 Å². The molecule has 1 amide bonds. The van der Waals surface area contributed by atoms with E-state index < -0.39 is 0 Å². The second-order valence-corrected chi connectivity index (χ2v) is 6.74. The van der Waals surface area contributed by atoms with E-state index in [1.807, 2.05) is 31.3 Å². The summed E-state index contributed by atoms with van der Waals surface area (Å²) < 4.78 is 5.18. The Balaban J connectivity index is 1.66. The Labute approximate surface area is 150 Å². The standard InChI is InChI=1S/C21H26N2O2/c1-16-8-11-18-6-4-5-7-20(18)23(16)15-21(24)22(2)14-17-9-12-19(25-3)13-10-17/h4-7,9-10,12-13,16H,8,11,14-15H2,1-3H3. The quantitative estimate of drug-likeness (QED) is 0.836. The van der Waals surface area contributed by atoms with E-state index in [4.69, 9.17) is 4.74 Å². The molecule has 1 unspecified atom stereocenters. The maximum Gasteiger partial charge on any atom is 0.242 e. The summed E-state index contributed by atoms with van der Waals surface area (Å²) in [6, 6.07) is 16.7. The number of carbonyl (C=O) groups excluding carboxylic acids is 1. The molecule has 0 spiro atoms. The SMILES string of the molecule is COc1ccc(CN(C)C(=O)CN2c3ccccc3CCC2C)cc1. The Morgan fingerprint density at radius 1 is 1.20 bits per heavy atom. The number of hydrogen-bond acceptors (Lipinski definition) is 3. The molecular formula is C21H26N2O2. The van der Waals surface area contributed by atoms with Crippen molar-refractivity contribution in [3.05, 3.63) is 59.7 Å². The minimum atomic E-state index is 0.138. The first-order valence-corrected chi connectivity index (χ1v) is 8.80. The average molecular weight is 338 g/mol. The van der Waals surface area contributed by atoms with Crippen LogP contribution in [0.1, 0.15) is 24.5 Å². The molecule has 25 heavy (non-hydrogen) atoms.